The highest BCUT2D eigenvalue weighted by atomic mass is 19.2. The van der Waals surface area contributed by atoms with Crippen molar-refractivity contribution >= 4 is 5.91 Å². The maximum absolute atomic E-state index is 12.7. The molecular weight excluding hydrogens is 204 g/mol. The fourth-order valence-corrected chi connectivity index (χ4v) is 0.870. The van der Waals surface area contributed by atoms with Crippen LogP contribution in [0.15, 0.2) is 18.2 Å². The van der Waals surface area contributed by atoms with Crippen LogP contribution in [0.1, 0.15) is 6.92 Å². The van der Waals surface area contributed by atoms with Crippen LogP contribution in [0.2, 0.25) is 0 Å². The number of carbonyl (C=O) groups is 1. The third kappa shape index (κ3) is 3.19. The number of primary amides is 1. The van der Waals surface area contributed by atoms with Crippen LogP contribution >= 0.6 is 0 Å². The third-order valence-electron chi connectivity index (χ3n) is 1.88. The van der Waals surface area contributed by atoms with Crippen LogP contribution in [0, 0.1) is 17.6 Å². The Balaban J connectivity index is 2.58. The number of benzene rings is 1. The van der Waals surface area contributed by atoms with E-state index >= 15 is 0 Å². The fourth-order valence-electron chi connectivity index (χ4n) is 0.870. The van der Waals surface area contributed by atoms with Crippen LogP contribution in [0.5, 0.6) is 5.75 Å². The lowest BCUT2D eigenvalue weighted by atomic mass is 10.2. The SMILES string of the molecule is CC(COc1ccc(F)c(F)c1)C(N)=O. The van der Waals surface area contributed by atoms with Gasteiger partial charge in [0.05, 0.1) is 12.5 Å². The van der Waals surface area contributed by atoms with Crippen molar-refractivity contribution in [2.75, 3.05) is 6.61 Å². The van der Waals surface area contributed by atoms with Gasteiger partial charge in [-0.1, -0.05) is 6.92 Å². The highest BCUT2D eigenvalue weighted by Crippen LogP contribution is 2.15. The van der Waals surface area contributed by atoms with E-state index < -0.39 is 23.5 Å². The highest BCUT2D eigenvalue weighted by molar-refractivity contribution is 5.76. The molecule has 15 heavy (non-hydrogen) atoms. The molecule has 0 saturated heterocycles. The van der Waals surface area contributed by atoms with Crippen molar-refractivity contribution in [2.24, 2.45) is 11.7 Å². The third-order valence-corrected chi connectivity index (χ3v) is 1.88. The minimum Gasteiger partial charge on any atom is -0.493 e. The first kappa shape index (κ1) is 11.4. The van der Waals surface area contributed by atoms with Gasteiger partial charge in [-0.25, -0.2) is 8.78 Å². The molecule has 0 aliphatic rings. The molecule has 1 rings (SSSR count). The highest BCUT2D eigenvalue weighted by Gasteiger charge is 2.10. The van der Waals surface area contributed by atoms with Crippen molar-refractivity contribution in [1.82, 2.24) is 0 Å². The molecule has 0 fully saturated rings. The van der Waals surface area contributed by atoms with Crippen molar-refractivity contribution in [3.05, 3.63) is 29.8 Å². The van der Waals surface area contributed by atoms with Gasteiger partial charge in [-0.15, -0.1) is 0 Å². The van der Waals surface area contributed by atoms with Crippen LogP contribution in [0.25, 0.3) is 0 Å². The quantitative estimate of drug-likeness (QED) is 0.826. The fraction of sp³-hybridized carbons (Fsp3) is 0.300. The maximum atomic E-state index is 12.7. The van der Waals surface area contributed by atoms with E-state index in [-0.39, 0.29) is 12.4 Å². The molecule has 0 heterocycles. The molecular formula is C10H11F2NO2. The zero-order valence-corrected chi connectivity index (χ0v) is 8.17. The van der Waals surface area contributed by atoms with Gasteiger partial charge in [0.15, 0.2) is 11.6 Å². The van der Waals surface area contributed by atoms with Gasteiger partial charge in [0.1, 0.15) is 5.75 Å². The monoisotopic (exact) mass is 215 g/mol. The smallest absolute Gasteiger partial charge is 0.223 e. The Bertz CT molecular complexity index is 368. The van der Waals surface area contributed by atoms with E-state index in [0.29, 0.717) is 0 Å². The molecule has 1 atom stereocenters. The first-order chi connectivity index (χ1) is 7.00. The molecule has 0 aromatic heterocycles. The summed E-state index contributed by atoms with van der Waals surface area (Å²) in [6.07, 6.45) is 0. The van der Waals surface area contributed by atoms with Gasteiger partial charge in [0, 0.05) is 6.07 Å². The normalized spacial score (nSPS) is 12.2. The van der Waals surface area contributed by atoms with Crippen LogP contribution in [-0.2, 0) is 4.79 Å². The topological polar surface area (TPSA) is 52.3 Å². The van der Waals surface area contributed by atoms with Crippen LogP contribution in [-0.4, -0.2) is 12.5 Å². The van der Waals surface area contributed by atoms with E-state index in [1.54, 1.807) is 6.92 Å². The van der Waals surface area contributed by atoms with E-state index in [1.165, 1.54) is 6.07 Å². The van der Waals surface area contributed by atoms with Crippen LogP contribution in [0.4, 0.5) is 8.78 Å². The van der Waals surface area contributed by atoms with Gasteiger partial charge in [-0.3, -0.25) is 4.79 Å². The molecule has 0 bridgehead atoms. The average Bonchev–Trinajstić information content (AvgIpc) is 2.19. The Hall–Kier alpha value is -1.65. The summed E-state index contributed by atoms with van der Waals surface area (Å²) in [5.41, 5.74) is 5.00. The van der Waals surface area contributed by atoms with E-state index in [0.717, 1.165) is 12.1 Å². The number of amides is 1. The predicted octanol–water partition coefficient (Wildman–Crippen LogP) is 1.46. The molecule has 1 unspecified atom stereocenters. The Morgan fingerprint density at radius 2 is 2.13 bits per heavy atom. The standard InChI is InChI=1S/C10H11F2NO2/c1-6(10(13)14)5-15-7-2-3-8(11)9(12)4-7/h2-4,6H,5H2,1H3,(H2,13,14). The molecule has 1 aromatic rings. The minimum atomic E-state index is -0.987. The number of rotatable bonds is 4. The van der Waals surface area contributed by atoms with E-state index in [1.807, 2.05) is 0 Å². The van der Waals surface area contributed by atoms with Crippen molar-refractivity contribution in [3.8, 4) is 5.75 Å². The summed E-state index contributed by atoms with van der Waals surface area (Å²) < 4.78 is 30.3. The zero-order valence-electron chi connectivity index (χ0n) is 8.17. The molecule has 0 radical (unpaired) electrons. The van der Waals surface area contributed by atoms with Crippen molar-refractivity contribution in [1.29, 1.82) is 0 Å². The molecule has 1 aromatic carbocycles. The minimum absolute atomic E-state index is 0.0421. The van der Waals surface area contributed by atoms with Crippen LogP contribution in [0.3, 0.4) is 0 Å². The number of halogens is 2. The Morgan fingerprint density at radius 1 is 1.47 bits per heavy atom. The van der Waals surface area contributed by atoms with Gasteiger partial charge in [-0.2, -0.15) is 0 Å². The van der Waals surface area contributed by atoms with Gasteiger partial charge >= 0.3 is 0 Å². The van der Waals surface area contributed by atoms with Crippen LogP contribution < -0.4 is 10.5 Å². The predicted molar refractivity (Wildman–Crippen MR) is 50.2 cm³/mol. The first-order valence-electron chi connectivity index (χ1n) is 4.38. The summed E-state index contributed by atoms with van der Waals surface area (Å²) >= 11 is 0. The largest absolute Gasteiger partial charge is 0.493 e. The second kappa shape index (κ2) is 4.72. The summed E-state index contributed by atoms with van der Waals surface area (Å²) in [6.45, 7) is 1.63. The maximum Gasteiger partial charge on any atom is 0.223 e. The first-order valence-corrected chi connectivity index (χ1v) is 4.38. The molecule has 82 valence electrons. The van der Waals surface area contributed by atoms with Gasteiger partial charge < -0.3 is 10.5 Å². The Kier molecular flexibility index (Phi) is 3.60. The molecule has 2 N–H and O–H groups in total. The lowest BCUT2D eigenvalue weighted by Gasteiger charge is -2.09. The summed E-state index contributed by atoms with van der Waals surface area (Å²) in [7, 11) is 0. The molecule has 3 nitrogen and oxygen atoms in total. The van der Waals surface area contributed by atoms with E-state index in [2.05, 4.69) is 0 Å². The van der Waals surface area contributed by atoms with Gasteiger partial charge in [-0.05, 0) is 12.1 Å². The summed E-state index contributed by atoms with van der Waals surface area (Å²) in [5.74, 6) is -2.73. The zero-order chi connectivity index (χ0) is 11.4. The number of carbonyl (C=O) groups excluding carboxylic acids is 1. The number of ether oxygens (including phenoxy) is 1. The van der Waals surface area contributed by atoms with Crippen molar-refractivity contribution < 1.29 is 18.3 Å². The van der Waals surface area contributed by atoms with E-state index in [9.17, 15) is 13.6 Å². The number of hydrogen-bond donors (Lipinski definition) is 1. The lowest BCUT2D eigenvalue weighted by Crippen LogP contribution is -2.25. The Morgan fingerprint density at radius 3 is 2.67 bits per heavy atom. The Labute approximate surface area is 85.8 Å². The molecule has 1 amide bonds. The average molecular weight is 215 g/mol. The number of hydrogen-bond acceptors (Lipinski definition) is 2. The van der Waals surface area contributed by atoms with Crippen molar-refractivity contribution in [3.63, 3.8) is 0 Å². The van der Waals surface area contributed by atoms with Gasteiger partial charge in [0.25, 0.3) is 0 Å². The number of nitrogens with two attached hydrogens (primary N) is 1. The van der Waals surface area contributed by atoms with E-state index in [4.69, 9.17) is 10.5 Å². The van der Waals surface area contributed by atoms with Gasteiger partial charge in [0.2, 0.25) is 5.91 Å². The molecule has 0 aliphatic heterocycles. The summed E-state index contributed by atoms with van der Waals surface area (Å²) in [5, 5.41) is 0. The molecule has 0 spiro atoms. The second-order valence-corrected chi connectivity index (χ2v) is 3.19. The summed E-state index contributed by atoms with van der Waals surface area (Å²) in [4.78, 5) is 10.6. The van der Waals surface area contributed by atoms with Crippen molar-refractivity contribution in [2.45, 2.75) is 6.92 Å². The molecule has 0 saturated carbocycles. The second-order valence-electron chi connectivity index (χ2n) is 3.19. The lowest BCUT2D eigenvalue weighted by molar-refractivity contribution is -0.122. The molecule has 5 heteroatoms. The molecule has 0 aliphatic carbocycles. The summed E-state index contributed by atoms with van der Waals surface area (Å²) in [6, 6.07) is 3.16.